The second-order valence-corrected chi connectivity index (χ2v) is 2.13. The Labute approximate surface area is 60.6 Å². The monoisotopic (exact) mass is 146 g/mol. The Morgan fingerprint density at radius 3 is 1.90 bits per heavy atom. The molecule has 0 aliphatic rings. The summed E-state index contributed by atoms with van der Waals surface area (Å²) in [6.07, 6.45) is 2.73. The summed E-state index contributed by atoms with van der Waals surface area (Å²) < 4.78 is 0. The average Bonchev–Trinajstić information content (AvgIpc) is 1.80. The normalized spacial score (nSPS) is 13.9. The third kappa shape index (κ3) is 2.96. The first-order valence-electron chi connectivity index (χ1n) is 3.39. The fraction of sp³-hybridized carbons (Fsp3) is 0.714. The lowest BCUT2D eigenvalue weighted by atomic mass is 10.1. The van der Waals surface area contributed by atoms with E-state index in [-0.39, 0.29) is 5.57 Å². The summed E-state index contributed by atoms with van der Waals surface area (Å²) in [7, 11) is 0. The highest BCUT2D eigenvalue weighted by Gasteiger charge is 2.22. The number of hydrogen-bond acceptors (Lipinski definition) is 3. The van der Waals surface area contributed by atoms with E-state index in [4.69, 9.17) is 15.3 Å². The third-order valence-corrected chi connectivity index (χ3v) is 1.26. The van der Waals surface area contributed by atoms with Crippen LogP contribution in [-0.2, 0) is 0 Å². The molecular weight excluding hydrogens is 132 g/mol. The Morgan fingerprint density at radius 1 is 1.30 bits per heavy atom. The Kier molecular flexibility index (Phi) is 3.57. The molecule has 0 bridgehead atoms. The lowest BCUT2D eigenvalue weighted by molar-refractivity contribution is -0.283. The summed E-state index contributed by atoms with van der Waals surface area (Å²) in [5.41, 5.74) is 0.245. The van der Waals surface area contributed by atoms with Gasteiger partial charge >= 0.3 is 0 Å². The lowest BCUT2D eigenvalue weighted by Gasteiger charge is -2.16. The first-order chi connectivity index (χ1) is 4.52. The SMILES string of the molecule is CCC=C(CC)C(O)(O)O. The Morgan fingerprint density at radius 2 is 1.80 bits per heavy atom. The van der Waals surface area contributed by atoms with E-state index in [9.17, 15) is 0 Å². The van der Waals surface area contributed by atoms with Crippen molar-refractivity contribution in [1.29, 1.82) is 0 Å². The van der Waals surface area contributed by atoms with Crippen LogP contribution in [0.25, 0.3) is 0 Å². The summed E-state index contributed by atoms with van der Waals surface area (Å²) >= 11 is 0. The second-order valence-electron chi connectivity index (χ2n) is 2.13. The Balaban J connectivity index is 4.21. The molecule has 0 aliphatic heterocycles. The molecule has 0 radical (unpaired) electrons. The van der Waals surface area contributed by atoms with E-state index in [1.807, 2.05) is 6.92 Å². The van der Waals surface area contributed by atoms with Crippen molar-refractivity contribution < 1.29 is 15.3 Å². The fourth-order valence-electron chi connectivity index (χ4n) is 0.765. The highest BCUT2D eigenvalue weighted by molar-refractivity contribution is 5.06. The molecule has 0 aromatic carbocycles. The van der Waals surface area contributed by atoms with E-state index in [0.29, 0.717) is 12.8 Å². The van der Waals surface area contributed by atoms with Gasteiger partial charge in [-0.15, -0.1) is 0 Å². The molecule has 0 heterocycles. The maximum Gasteiger partial charge on any atom is 0.300 e. The summed E-state index contributed by atoms with van der Waals surface area (Å²) in [5.74, 6) is -2.62. The number of rotatable bonds is 3. The molecule has 0 aromatic heterocycles. The van der Waals surface area contributed by atoms with E-state index >= 15 is 0 Å². The molecule has 0 aromatic rings. The van der Waals surface area contributed by atoms with E-state index in [2.05, 4.69) is 0 Å². The highest BCUT2D eigenvalue weighted by atomic mass is 16.7. The van der Waals surface area contributed by atoms with E-state index in [1.54, 1.807) is 13.0 Å². The molecule has 60 valence electrons. The molecule has 0 spiro atoms. The zero-order valence-electron chi connectivity index (χ0n) is 6.33. The maximum atomic E-state index is 8.65. The van der Waals surface area contributed by atoms with Gasteiger partial charge in [0.15, 0.2) is 0 Å². The molecule has 0 unspecified atom stereocenters. The van der Waals surface area contributed by atoms with Gasteiger partial charge in [-0.2, -0.15) is 0 Å². The van der Waals surface area contributed by atoms with Gasteiger partial charge in [0.2, 0.25) is 0 Å². The Hall–Kier alpha value is -0.380. The van der Waals surface area contributed by atoms with Crippen LogP contribution in [0, 0.1) is 0 Å². The summed E-state index contributed by atoms with van der Waals surface area (Å²) in [6, 6.07) is 0. The minimum Gasteiger partial charge on any atom is -0.340 e. The van der Waals surface area contributed by atoms with Crippen LogP contribution >= 0.6 is 0 Å². The molecule has 0 aliphatic carbocycles. The van der Waals surface area contributed by atoms with Gasteiger partial charge in [0.25, 0.3) is 5.97 Å². The van der Waals surface area contributed by atoms with Crippen LogP contribution in [0.1, 0.15) is 26.7 Å². The van der Waals surface area contributed by atoms with Crippen LogP contribution in [0.5, 0.6) is 0 Å². The summed E-state index contributed by atoms with van der Waals surface area (Å²) in [4.78, 5) is 0. The van der Waals surface area contributed by atoms with Crippen molar-refractivity contribution in [2.45, 2.75) is 32.7 Å². The molecule has 3 heteroatoms. The van der Waals surface area contributed by atoms with Crippen molar-refractivity contribution in [2.24, 2.45) is 0 Å². The van der Waals surface area contributed by atoms with Crippen LogP contribution in [-0.4, -0.2) is 21.3 Å². The van der Waals surface area contributed by atoms with Crippen LogP contribution in [0.3, 0.4) is 0 Å². The topological polar surface area (TPSA) is 60.7 Å². The average molecular weight is 146 g/mol. The van der Waals surface area contributed by atoms with Crippen LogP contribution < -0.4 is 0 Å². The number of aliphatic hydroxyl groups is 3. The zero-order valence-corrected chi connectivity index (χ0v) is 6.33. The van der Waals surface area contributed by atoms with Crippen molar-refractivity contribution in [3.63, 3.8) is 0 Å². The first-order valence-corrected chi connectivity index (χ1v) is 3.39. The van der Waals surface area contributed by atoms with E-state index in [0.717, 1.165) is 0 Å². The molecule has 3 N–H and O–H groups in total. The quantitative estimate of drug-likeness (QED) is 0.398. The minimum atomic E-state index is -2.62. The highest BCUT2D eigenvalue weighted by Crippen LogP contribution is 2.13. The summed E-state index contributed by atoms with van der Waals surface area (Å²) in [5, 5.41) is 26.0. The molecular formula is C7H14O3. The zero-order chi connectivity index (χ0) is 8.20. The van der Waals surface area contributed by atoms with Crippen LogP contribution in [0.2, 0.25) is 0 Å². The molecule has 10 heavy (non-hydrogen) atoms. The number of allylic oxidation sites excluding steroid dienone is 1. The van der Waals surface area contributed by atoms with E-state index < -0.39 is 5.97 Å². The third-order valence-electron chi connectivity index (χ3n) is 1.26. The van der Waals surface area contributed by atoms with Gasteiger partial charge in [0, 0.05) is 5.57 Å². The van der Waals surface area contributed by atoms with Crippen molar-refractivity contribution in [3.8, 4) is 0 Å². The lowest BCUT2D eigenvalue weighted by Crippen LogP contribution is -2.29. The van der Waals surface area contributed by atoms with Gasteiger partial charge in [-0.05, 0) is 12.8 Å². The minimum absolute atomic E-state index is 0.245. The standard InChI is InChI=1S/C7H14O3/c1-3-5-6(4-2)7(8,9)10/h5,8-10H,3-4H2,1-2H3. The van der Waals surface area contributed by atoms with Gasteiger partial charge in [-0.25, -0.2) is 0 Å². The molecule has 3 nitrogen and oxygen atoms in total. The first kappa shape index (κ1) is 9.62. The molecule has 0 atom stereocenters. The summed E-state index contributed by atoms with van der Waals surface area (Å²) in [6.45, 7) is 3.61. The van der Waals surface area contributed by atoms with Gasteiger partial charge in [-0.1, -0.05) is 19.9 Å². The predicted octanol–water partition coefficient (Wildman–Crippen LogP) is 0.363. The molecule has 0 amide bonds. The molecule has 0 saturated carbocycles. The molecule has 0 fully saturated rings. The maximum absolute atomic E-state index is 8.65. The van der Waals surface area contributed by atoms with Gasteiger partial charge in [-0.3, -0.25) is 0 Å². The number of hydrogen-bond donors (Lipinski definition) is 3. The van der Waals surface area contributed by atoms with Crippen molar-refractivity contribution in [1.82, 2.24) is 0 Å². The molecule has 0 rings (SSSR count). The van der Waals surface area contributed by atoms with Crippen LogP contribution in [0.15, 0.2) is 11.6 Å². The van der Waals surface area contributed by atoms with Crippen molar-refractivity contribution in [2.75, 3.05) is 0 Å². The molecule has 0 saturated heterocycles. The fourth-order valence-corrected chi connectivity index (χ4v) is 0.765. The largest absolute Gasteiger partial charge is 0.340 e. The van der Waals surface area contributed by atoms with Gasteiger partial charge in [0.05, 0.1) is 0 Å². The van der Waals surface area contributed by atoms with E-state index in [1.165, 1.54) is 0 Å². The predicted molar refractivity (Wildman–Crippen MR) is 38.1 cm³/mol. The Bertz CT molecular complexity index is 121. The van der Waals surface area contributed by atoms with Gasteiger partial charge in [0.1, 0.15) is 0 Å². The van der Waals surface area contributed by atoms with Gasteiger partial charge < -0.3 is 15.3 Å². The second kappa shape index (κ2) is 3.71. The smallest absolute Gasteiger partial charge is 0.300 e. The van der Waals surface area contributed by atoms with Crippen molar-refractivity contribution >= 4 is 0 Å². The van der Waals surface area contributed by atoms with Crippen molar-refractivity contribution in [3.05, 3.63) is 11.6 Å². The van der Waals surface area contributed by atoms with Crippen LogP contribution in [0.4, 0.5) is 0 Å².